The number of aromatic nitrogens is 2. The average molecular weight is 488 g/mol. The fourth-order valence-corrected chi connectivity index (χ4v) is 5.39. The zero-order valence-corrected chi connectivity index (χ0v) is 20.7. The summed E-state index contributed by atoms with van der Waals surface area (Å²) in [6, 6.07) is 15.3. The first-order chi connectivity index (χ1) is 17.6. The van der Waals surface area contributed by atoms with Crippen molar-refractivity contribution in [3.63, 3.8) is 0 Å². The minimum atomic E-state index is -0.496. The lowest BCUT2D eigenvalue weighted by atomic mass is 9.87. The number of benzene rings is 2. The Bertz CT molecular complexity index is 1230. The molecule has 0 bridgehead atoms. The third kappa shape index (κ3) is 4.68. The number of methoxy groups -OCH3 is 1. The molecule has 3 N–H and O–H groups in total. The van der Waals surface area contributed by atoms with Crippen molar-refractivity contribution >= 4 is 11.7 Å². The van der Waals surface area contributed by atoms with Crippen LogP contribution in [-0.4, -0.2) is 53.9 Å². The summed E-state index contributed by atoms with van der Waals surface area (Å²) < 4.78 is 13.6. The maximum Gasteiger partial charge on any atom is 0.254 e. The molecule has 188 valence electrons. The van der Waals surface area contributed by atoms with Gasteiger partial charge in [0.1, 0.15) is 22.8 Å². The Labute approximate surface area is 211 Å². The van der Waals surface area contributed by atoms with Gasteiger partial charge in [0.15, 0.2) is 11.5 Å². The maximum atomic E-state index is 12.6. The highest BCUT2D eigenvalue weighted by Gasteiger charge is 2.35. The fraction of sp³-hybridized carbons (Fsp3) is 0.357. The number of nitrogens with one attached hydrogen (secondary N) is 1. The van der Waals surface area contributed by atoms with Crippen molar-refractivity contribution in [1.29, 1.82) is 0 Å². The summed E-state index contributed by atoms with van der Waals surface area (Å²) in [6.45, 7) is 7.67. The number of ether oxygens (including phenoxy) is 2. The monoisotopic (exact) mass is 487 g/mol. The Balaban J connectivity index is 1.47. The van der Waals surface area contributed by atoms with Gasteiger partial charge in [-0.25, -0.2) is 4.68 Å². The second kappa shape index (κ2) is 10.5. The quantitative estimate of drug-likeness (QED) is 0.447. The van der Waals surface area contributed by atoms with Crippen molar-refractivity contribution < 1.29 is 14.3 Å². The van der Waals surface area contributed by atoms with Gasteiger partial charge in [-0.2, -0.15) is 5.10 Å². The Kier molecular flexibility index (Phi) is 6.95. The first-order valence-corrected chi connectivity index (χ1v) is 12.5. The van der Waals surface area contributed by atoms with E-state index in [2.05, 4.69) is 16.8 Å². The van der Waals surface area contributed by atoms with E-state index in [0.717, 1.165) is 51.0 Å². The summed E-state index contributed by atoms with van der Waals surface area (Å²) >= 11 is 0. The van der Waals surface area contributed by atoms with E-state index in [1.54, 1.807) is 7.11 Å². The molecule has 36 heavy (non-hydrogen) atoms. The molecule has 8 nitrogen and oxygen atoms in total. The molecule has 2 aliphatic heterocycles. The largest absolute Gasteiger partial charge is 0.493 e. The number of anilines is 1. The minimum Gasteiger partial charge on any atom is -0.493 e. The van der Waals surface area contributed by atoms with E-state index in [-0.39, 0.29) is 6.04 Å². The van der Waals surface area contributed by atoms with Crippen LogP contribution >= 0.6 is 0 Å². The summed E-state index contributed by atoms with van der Waals surface area (Å²) in [7, 11) is 1.60. The maximum absolute atomic E-state index is 12.6. The van der Waals surface area contributed by atoms with E-state index >= 15 is 0 Å². The Hall–Kier alpha value is -3.78. The zero-order chi connectivity index (χ0) is 25.1. The van der Waals surface area contributed by atoms with Gasteiger partial charge in [-0.15, -0.1) is 6.58 Å². The van der Waals surface area contributed by atoms with Crippen LogP contribution in [0.4, 0.5) is 5.82 Å². The summed E-state index contributed by atoms with van der Waals surface area (Å²) in [6.07, 6.45) is 5.12. The molecule has 1 fully saturated rings. The highest BCUT2D eigenvalue weighted by molar-refractivity contribution is 6.04. The molecule has 1 amide bonds. The van der Waals surface area contributed by atoms with Crippen molar-refractivity contribution in [3.05, 3.63) is 66.7 Å². The molecule has 0 radical (unpaired) electrons. The van der Waals surface area contributed by atoms with Crippen LogP contribution in [0.3, 0.4) is 0 Å². The third-order valence-corrected chi connectivity index (χ3v) is 7.18. The van der Waals surface area contributed by atoms with Crippen molar-refractivity contribution in [1.82, 2.24) is 14.7 Å². The molecular weight excluding hydrogens is 454 g/mol. The van der Waals surface area contributed by atoms with Crippen LogP contribution in [0.2, 0.25) is 0 Å². The standard InChI is InChI=1S/C28H33N5O3/c1-3-15-32-16-12-19(13-17-32)22-11-14-30-28-25(27(29)34)26(31-33(22)28)20-9-10-23(24(18-20)35-2)36-21-7-5-4-6-8-21/h3-10,18-19,22,30H,1,11-17H2,2H3,(H2,29,34). The van der Waals surface area contributed by atoms with Gasteiger partial charge in [0, 0.05) is 18.7 Å². The number of rotatable bonds is 8. The van der Waals surface area contributed by atoms with E-state index in [9.17, 15) is 4.79 Å². The number of fused-ring (bicyclic) bond motifs is 1. The van der Waals surface area contributed by atoms with Crippen molar-refractivity contribution in [2.45, 2.75) is 25.3 Å². The lowest BCUT2D eigenvalue weighted by Crippen LogP contribution is -2.39. The van der Waals surface area contributed by atoms with E-state index in [1.807, 2.05) is 59.3 Å². The van der Waals surface area contributed by atoms with Crippen LogP contribution in [0, 0.1) is 5.92 Å². The molecule has 1 atom stereocenters. The smallest absolute Gasteiger partial charge is 0.254 e. The summed E-state index contributed by atoms with van der Waals surface area (Å²) in [5.74, 6) is 2.56. The number of hydrogen-bond acceptors (Lipinski definition) is 6. The first-order valence-electron chi connectivity index (χ1n) is 12.5. The van der Waals surface area contributed by atoms with Gasteiger partial charge < -0.3 is 20.5 Å². The van der Waals surface area contributed by atoms with Crippen LogP contribution in [0.5, 0.6) is 17.2 Å². The predicted octanol–water partition coefficient (Wildman–Crippen LogP) is 4.70. The van der Waals surface area contributed by atoms with E-state index in [4.69, 9.17) is 20.3 Å². The SMILES string of the molecule is C=CCN1CCC(C2CCNc3c(C(N)=O)c(-c4ccc(Oc5ccccc5)c(OC)c4)nn32)CC1. The highest BCUT2D eigenvalue weighted by atomic mass is 16.5. The van der Waals surface area contributed by atoms with E-state index in [0.29, 0.717) is 40.2 Å². The van der Waals surface area contributed by atoms with Gasteiger partial charge >= 0.3 is 0 Å². The molecule has 1 aromatic heterocycles. The number of piperidine rings is 1. The zero-order valence-electron chi connectivity index (χ0n) is 20.7. The Morgan fingerprint density at radius 3 is 2.64 bits per heavy atom. The summed E-state index contributed by atoms with van der Waals surface area (Å²) in [5.41, 5.74) is 7.63. The molecule has 3 aromatic rings. The molecule has 2 aliphatic rings. The molecule has 5 rings (SSSR count). The molecule has 1 unspecified atom stereocenters. The molecular formula is C28H33N5O3. The fourth-order valence-electron chi connectivity index (χ4n) is 5.39. The van der Waals surface area contributed by atoms with Crippen molar-refractivity contribution in [2.24, 2.45) is 11.7 Å². The van der Waals surface area contributed by atoms with Crippen LogP contribution in [0.1, 0.15) is 35.7 Å². The number of hydrogen-bond donors (Lipinski definition) is 2. The van der Waals surface area contributed by atoms with Gasteiger partial charge in [-0.1, -0.05) is 24.3 Å². The molecule has 0 aliphatic carbocycles. The number of nitrogens with zero attached hydrogens (tertiary/aromatic N) is 3. The highest BCUT2D eigenvalue weighted by Crippen LogP contribution is 2.41. The summed E-state index contributed by atoms with van der Waals surface area (Å²) in [5, 5.41) is 8.36. The number of amides is 1. The number of nitrogens with two attached hydrogens (primary N) is 1. The molecule has 1 saturated heterocycles. The predicted molar refractivity (Wildman–Crippen MR) is 141 cm³/mol. The Morgan fingerprint density at radius 1 is 1.17 bits per heavy atom. The van der Waals surface area contributed by atoms with Gasteiger partial charge in [0.05, 0.1) is 13.2 Å². The van der Waals surface area contributed by atoms with Crippen molar-refractivity contribution in [2.75, 3.05) is 38.6 Å². The molecule has 3 heterocycles. The number of para-hydroxylation sites is 1. The van der Waals surface area contributed by atoms with Crippen molar-refractivity contribution in [3.8, 4) is 28.5 Å². The molecule has 0 spiro atoms. The van der Waals surface area contributed by atoms with E-state index < -0.39 is 5.91 Å². The normalized spacial score (nSPS) is 18.2. The van der Waals surface area contributed by atoms with Crippen LogP contribution < -0.4 is 20.5 Å². The topological polar surface area (TPSA) is 94.6 Å². The molecule has 2 aromatic carbocycles. The van der Waals surface area contributed by atoms with Gasteiger partial charge in [-0.3, -0.25) is 9.69 Å². The second-order valence-corrected chi connectivity index (χ2v) is 9.37. The minimum absolute atomic E-state index is 0.224. The lowest BCUT2D eigenvalue weighted by Gasteiger charge is -2.38. The van der Waals surface area contributed by atoms with Crippen LogP contribution in [-0.2, 0) is 0 Å². The molecule has 0 saturated carbocycles. The molecule has 8 heteroatoms. The number of carbonyl (C=O) groups is 1. The van der Waals surface area contributed by atoms with Crippen LogP contribution in [0.15, 0.2) is 61.2 Å². The van der Waals surface area contributed by atoms with Gasteiger partial charge in [0.2, 0.25) is 0 Å². The first kappa shape index (κ1) is 23.9. The summed E-state index contributed by atoms with van der Waals surface area (Å²) in [4.78, 5) is 15.1. The van der Waals surface area contributed by atoms with E-state index in [1.165, 1.54) is 0 Å². The lowest BCUT2D eigenvalue weighted by molar-refractivity contribution is 0.100. The number of likely N-dealkylation sites (tertiary alicyclic amines) is 1. The second-order valence-electron chi connectivity index (χ2n) is 9.37. The number of primary amides is 1. The number of carbonyl (C=O) groups excluding carboxylic acids is 1. The third-order valence-electron chi connectivity index (χ3n) is 7.18. The van der Waals surface area contributed by atoms with Gasteiger partial charge in [0.25, 0.3) is 5.91 Å². The Morgan fingerprint density at radius 2 is 1.94 bits per heavy atom. The average Bonchev–Trinajstić information content (AvgIpc) is 3.30. The van der Waals surface area contributed by atoms with Crippen LogP contribution in [0.25, 0.3) is 11.3 Å². The van der Waals surface area contributed by atoms with Gasteiger partial charge in [-0.05, 0) is 68.6 Å².